The van der Waals surface area contributed by atoms with Gasteiger partial charge in [0.05, 0.1) is 16.0 Å². The van der Waals surface area contributed by atoms with Crippen LogP contribution < -0.4 is 0 Å². The average Bonchev–Trinajstić information content (AvgIpc) is 2.13. The van der Waals surface area contributed by atoms with E-state index in [2.05, 4.69) is 0 Å². The molecule has 0 aliphatic rings. The van der Waals surface area contributed by atoms with Crippen molar-refractivity contribution in [1.82, 2.24) is 0 Å². The fourth-order valence-electron chi connectivity index (χ4n) is 1.20. The number of rotatable bonds is 2. The largest absolute Gasteiger partial charge is 0.478 e. The molecule has 1 N–H and O–H groups in total. The molecule has 0 aliphatic carbocycles. The summed E-state index contributed by atoms with van der Waals surface area (Å²) in [6, 6.07) is 2.11. The number of aromatic carboxylic acids is 1. The van der Waals surface area contributed by atoms with E-state index in [1.807, 2.05) is 0 Å². The summed E-state index contributed by atoms with van der Waals surface area (Å²) in [6.45, 7) is 0. The summed E-state index contributed by atoms with van der Waals surface area (Å²) in [4.78, 5) is 9.34. The summed E-state index contributed by atoms with van der Waals surface area (Å²) in [5.41, 5.74) is -2.94. The number of carboxylic acids is 1. The van der Waals surface area contributed by atoms with Crippen molar-refractivity contribution in [1.29, 1.82) is 0 Å². The van der Waals surface area contributed by atoms with E-state index in [0.29, 0.717) is 12.1 Å². The highest BCUT2D eigenvalue weighted by molar-refractivity contribution is 8.13. The summed E-state index contributed by atoms with van der Waals surface area (Å²) < 4.78 is 59.7. The molecule has 0 spiro atoms. The second-order valence-electron chi connectivity index (χ2n) is 2.92. The zero-order valence-corrected chi connectivity index (χ0v) is 9.40. The van der Waals surface area contributed by atoms with Crippen LogP contribution >= 0.6 is 10.7 Å². The number of benzene rings is 1. The van der Waals surface area contributed by atoms with Crippen LogP contribution in [0.2, 0.25) is 0 Å². The van der Waals surface area contributed by atoms with E-state index in [9.17, 15) is 26.4 Å². The number of halogens is 4. The van der Waals surface area contributed by atoms with E-state index in [4.69, 9.17) is 15.8 Å². The Bertz CT molecular complexity index is 565. The van der Waals surface area contributed by atoms with Crippen molar-refractivity contribution in [2.75, 3.05) is 0 Å². The van der Waals surface area contributed by atoms with Crippen LogP contribution in [0.3, 0.4) is 0 Å². The summed E-state index contributed by atoms with van der Waals surface area (Å²) in [7, 11) is 0.142. The summed E-state index contributed by atoms with van der Waals surface area (Å²) >= 11 is 0. The maximum Gasteiger partial charge on any atom is 0.418 e. The predicted molar refractivity (Wildman–Crippen MR) is 51.4 cm³/mol. The van der Waals surface area contributed by atoms with Crippen molar-refractivity contribution in [3.63, 3.8) is 0 Å². The van der Waals surface area contributed by atoms with Crippen molar-refractivity contribution in [3.05, 3.63) is 29.3 Å². The Morgan fingerprint density at radius 2 is 1.82 bits per heavy atom. The molecular formula is C8H4ClF3O4S. The lowest BCUT2D eigenvalue weighted by Gasteiger charge is -2.13. The third-order valence-corrected chi connectivity index (χ3v) is 3.17. The Morgan fingerprint density at radius 3 is 2.18 bits per heavy atom. The minimum Gasteiger partial charge on any atom is -0.478 e. The van der Waals surface area contributed by atoms with Crippen LogP contribution in [0, 0.1) is 0 Å². The van der Waals surface area contributed by atoms with Gasteiger partial charge in [0, 0.05) is 10.7 Å². The van der Waals surface area contributed by atoms with Crippen molar-refractivity contribution >= 4 is 25.7 Å². The zero-order valence-electron chi connectivity index (χ0n) is 7.82. The van der Waals surface area contributed by atoms with Crippen LogP contribution in [0.4, 0.5) is 13.2 Å². The molecule has 0 heterocycles. The highest BCUT2D eigenvalue weighted by Crippen LogP contribution is 2.37. The van der Waals surface area contributed by atoms with Crippen LogP contribution in [0.25, 0.3) is 0 Å². The lowest BCUT2D eigenvalue weighted by Crippen LogP contribution is -2.16. The smallest absolute Gasteiger partial charge is 0.418 e. The van der Waals surface area contributed by atoms with Gasteiger partial charge in [0.15, 0.2) is 0 Å². The fourth-order valence-corrected chi connectivity index (χ4v) is 2.30. The van der Waals surface area contributed by atoms with Crippen molar-refractivity contribution in [2.45, 2.75) is 11.1 Å². The zero-order chi connectivity index (χ0) is 13.4. The van der Waals surface area contributed by atoms with E-state index < -0.39 is 37.2 Å². The maximum atomic E-state index is 12.6. The quantitative estimate of drug-likeness (QED) is 0.848. The van der Waals surface area contributed by atoms with E-state index in [1.54, 1.807) is 0 Å². The maximum absolute atomic E-state index is 12.6. The van der Waals surface area contributed by atoms with Crippen LogP contribution in [0.5, 0.6) is 0 Å². The highest BCUT2D eigenvalue weighted by Gasteiger charge is 2.40. The van der Waals surface area contributed by atoms with E-state index in [1.165, 1.54) is 0 Å². The van der Waals surface area contributed by atoms with E-state index in [0.717, 1.165) is 6.07 Å². The molecule has 0 atom stereocenters. The first-order chi connectivity index (χ1) is 7.55. The predicted octanol–water partition coefficient (Wildman–Crippen LogP) is 2.33. The van der Waals surface area contributed by atoms with Crippen molar-refractivity contribution < 1.29 is 31.5 Å². The number of alkyl halides is 3. The third-order valence-electron chi connectivity index (χ3n) is 1.80. The van der Waals surface area contributed by atoms with Gasteiger partial charge in [-0.15, -0.1) is 0 Å². The van der Waals surface area contributed by atoms with Crippen LogP contribution in [0.15, 0.2) is 23.1 Å². The molecule has 0 aromatic heterocycles. The molecule has 4 nitrogen and oxygen atoms in total. The van der Waals surface area contributed by atoms with Gasteiger partial charge in [0.1, 0.15) is 0 Å². The molecule has 0 saturated heterocycles. The van der Waals surface area contributed by atoms with E-state index in [-0.39, 0.29) is 0 Å². The Labute approximate surface area is 98.0 Å². The van der Waals surface area contributed by atoms with Gasteiger partial charge in [0.25, 0.3) is 9.05 Å². The van der Waals surface area contributed by atoms with Gasteiger partial charge in [-0.2, -0.15) is 13.2 Å². The first-order valence-electron chi connectivity index (χ1n) is 3.93. The van der Waals surface area contributed by atoms with Crippen LogP contribution in [-0.4, -0.2) is 19.5 Å². The van der Waals surface area contributed by atoms with Gasteiger partial charge >= 0.3 is 12.1 Å². The second-order valence-corrected chi connectivity index (χ2v) is 5.45. The Hall–Kier alpha value is -1.28. The monoisotopic (exact) mass is 288 g/mol. The molecule has 1 rings (SSSR count). The first-order valence-corrected chi connectivity index (χ1v) is 6.24. The Morgan fingerprint density at radius 1 is 1.29 bits per heavy atom. The first kappa shape index (κ1) is 13.8. The number of hydrogen-bond acceptors (Lipinski definition) is 3. The summed E-state index contributed by atoms with van der Waals surface area (Å²) in [5.74, 6) is -1.89. The van der Waals surface area contributed by atoms with E-state index >= 15 is 0 Å². The lowest BCUT2D eigenvalue weighted by atomic mass is 10.1. The van der Waals surface area contributed by atoms with Crippen LogP contribution in [-0.2, 0) is 15.2 Å². The average molecular weight is 289 g/mol. The SMILES string of the molecule is O=C(O)c1cccc(S(=O)(=O)Cl)c1C(F)(F)F. The summed E-state index contributed by atoms with van der Waals surface area (Å²) in [5, 5.41) is 8.58. The van der Waals surface area contributed by atoms with Crippen molar-refractivity contribution in [2.24, 2.45) is 0 Å². The molecule has 17 heavy (non-hydrogen) atoms. The van der Waals surface area contributed by atoms with Gasteiger partial charge in [-0.25, -0.2) is 13.2 Å². The third kappa shape index (κ3) is 2.89. The molecule has 1 aromatic carbocycles. The lowest BCUT2D eigenvalue weighted by molar-refractivity contribution is -0.140. The van der Waals surface area contributed by atoms with Gasteiger partial charge < -0.3 is 5.11 Å². The molecule has 1 aromatic rings. The molecule has 0 bridgehead atoms. The Kier molecular flexibility index (Phi) is 3.40. The van der Waals surface area contributed by atoms with Gasteiger partial charge in [0.2, 0.25) is 0 Å². The standard InChI is InChI=1S/C8H4ClF3O4S/c9-17(15,16)5-3-1-2-4(7(13)14)6(5)8(10,11)12/h1-3H,(H,13,14). The van der Waals surface area contributed by atoms with Gasteiger partial charge in [-0.3, -0.25) is 0 Å². The molecule has 0 saturated carbocycles. The summed E-state index contributed by atoms with van der Waals surface area (Å²) in [6.07, 6.45) is -5.13. The minimum absolute atomic E-state index is 0.595. The molecule has 0 unspecified atom stereocenters. The number of carboxylic acid groups (broad SMARTS) is 1. The molecule has 9 heteroatoms. The topological polar surface area (TPSA) is 71.4 Å². The van der Waals surface area contributed by atoms with Gasteiger partial charge in [-0.1, -0.05) is 6.07 Å². The Balaban J connectivity index is 3.76. The van der Waals surface area contributed by atoms with Gasteiger partial charge in [-0.05, 0) is 12.1 Å². The highest BCUT2D eigenvalue weighted by atomic mass is 35.7. The molecular weight excluding hydrogens is 285 g/mol. The molecule has 0 aliphatic heterocycles. The normalized spacial score (nSPS) is 12.5. The second kappa shape index (κ2) is 4.19. The molecule has 0 amide bonds. The van der Waals surface area contributed by atoms with Crippen molar-refractivity contribution in [3.8, 4) is 0 Å². The number of hydrogen-bond donors (Lipinski definition) is 1. The number of carbonyl (C=O) groups is 1. The van der Waals surface area contributed by atoms with Crippen LogP contribution in [0.1, 0.15) is 15.9 Å². The molecule has 0 fully saturated rings. The molecule has 94 valence electrons. The fraction of sp³-hybridized carbons (Fsp3) is 0.125. The molecule has 0 radical (unpaired) electrons. The minimum atomic E-state index is -5.13.